The maximum Gasteiger partial charge on any atom is 0.268 e. The summed E-state index contributed by atoms with van der Waals surface area (Å²) in [6.07, 6.45) is 17.4. The highest BCUT2D eigenvalue weighted by Gasteiger charge is 2.33. The molecule has 0 spiro atoms. The van der Waals surface area contributed by atoms with E-state index in [9.17, 15) is 9.90 Å². The number of hydrogen-bond donors (Lipinski definition) is 1. The molecule has 1 aliphatic heterocycles. The average molecular weight is 465 g/mol. The molecular weight excluding hydrogens is 424 g/mol. The highest BCUT2D eigenvalue weighted by Crippen LogP contribution is 2.45. The van der Waals surface area contributed by atoms with Gasteiger partial charge in [-0.3, -0.25) is 9.79 Å². The Bertz CT molecular complexity index is 960. The summed E-state index contributed by atoms with van der Waals surface area (Å²) < 4.78 is 5.13. The molecule has 1 amide bonds. The molecular formula is C29H40N2O3. The van der Waals surface area contributed by atoms with E-state index < -0.39 is 0 Å². The maximum atomic E-state index is 13.1. The number of aliphatic imine (C=N–C) groups is 1. The molecule has 1 unspecified atom stereocenters. The van der Waals surface area contributed by atoms with E-state index in [4.69, 9.17) is 4.74 Å². The first kappa shape index (κ1) is 26.0. The predicted molar refractivity (Wildman–Crippen MR) is 139 cm³/mol. The van der Waals surface area contributed by atoms with E-state index in [2.05, 4.69) is 42.0 Å². The fraction of sp³-hybridized carbons (Fsp3) is 0.517. The first-order chi connectivity index (χ1) is 16.4. The number of likely N-dealkylation sites (tertiary alicyclic amines) is 1. The quantitative estimate of drug-likeness (QED) is 0.263. The molecule has 2 atom stereocenters. The smallest absolute Gasteiger partial charge is 0.268 e. The summed E-state index contributed by atoms with van der Waals surface area (Å²) in [6, 6.07) is 0. The van der Waals surface area contributed by atoms with Gasteiger partial charge in [-0.25, -0.2) is 0 Å². The van der Waals surface area contributed by atoms with Crippen LogP contribution < -0.4 is 0 Å². The summed E-state index contributed by atoms with van der Waals surface area (Å²) in [5.41, 5.74) is 5.13. The van der Waals surface area contributed by atoms with Crippen molar-refractivity contribution in [2.75, 3.05) is 26.8 Å². The van der Waals surface area contributed by atoms with Crippen molar-refractivity contribution in [3.8, 4) is 0 Å². The number of hydrogen-bond acceptors (Lipinski definition) is 4. The van der Waals surface area contributed by atoms with Crippen molar-refractivity contribution in [3.63, 3.8) is 0 Å². The van der Waals surface area contributed by atoms with Gasteiger partial charge in [-0.2, -0.15) is 0 Å². The van der Waals surface area contributed by atoms with Gasteiger partial charge < -0.3 is 14.7 Å². The summed E-state index contributed by atoms with van der Waals surface area (Å²) in [7, 11) is 1.59. The maximum absolute atomic E-state index is 13.1. The molecule has 34 heavy (non-hydrogen) atoms. The van der Waals surface area contributed by atoms with E-state index in [-0.39, 0.29) is 18.4 Å². The van der Waals surface area contributed by atoms with E-state index in [1.165, 1.54) is 18.4 Å². The van der Waals surface area contributed by atoms with Crippen molar-refractivity contribution >= 4 is 11.6 Å². The predicted octanol–water partition coefficient (Wildman–Crippen LogP) is 5.53. The normalized spacial score (nSPS) is 24.4. The van der Waals surface area contributed by atoms with Gasteiger partial charge in [0.2, 0.25) is 0 Å². The number of aliphatic hydroxyl groups is 1. The van der Waals surface area contributed by atoms with Crippen molar-refractivity contribution in [1.29, 1.82) is 0 Å². The number of methoxy groups -OCH3 is 1. The Hall–Kier alpha value is -2.66. The summed E-state index contributed by atoms with van der Waals surface area (Å²) in [5, 5.41) is 10.3. The van der Waals surface area contributed by atoms with Gasteiger partial charge in [-0.05, 0) is 68.6 Å². The molecule has 0 radical (unpaired) electrons. The van der Waals surface area contributed by atoms with Gasteiger partial charge in [0.1, 0.15) is 11.5 Å². The zero-order valence-corrected chi connectivity index (χ0v) is 21.2. The van der Waals surface area contributed by atoms with Crippen molar-refractivity contribution < 1.29 is 14.6 Å². The van der Waals surface area contributed by atoms with E-state index >= 15 is 0 Å². The SMILES string of the molecule is C=C(/C=C(CO)\C(=C/C)[C@@H]1CCN(C(=O)/C(CC)=N/C=C(\C)OC)C1)C1CC=CC=C1C1CC1. The lowest BCUT2D eigenvalue weighted by molar-refractivity contribution is -0.123. The third kappa shape index (κ3) is 6.26. The van der Waals surface area contributed by atoms with Crippen molar-refractivity contribution in [2.24, 2.45) is 22.7 Å². The van der Waals surface area contributed by atoms with Crippen LogP contribution in [0.5, 0.6) is 0 Å². The largest absolute Gasteiger partial charge is 0.500 e. The number of nitrogens with zero attached hydrogens (tertiary/aromatic N) is 2. The molecule has 184 valence electrons. The van der Waals surface area contributed by atoms with Gasteiger partial charge in [-0.1, -0.05) is 49.5 Å². The van der Waals surface area contributed by atoms with E-state index in [1.54, 1.807) is 13.3 Å². The number of aliphatic hydroxyl groups excluding tert-OH is 1. The number of ether oxygens (including phenoxy) is 1. The number of rotatable bonds is 10. The number of allylic oxidation sites excluding steroid dienone is 8. The molecule has 5 heteroatoms. The standard InChI is InChI=1S/C29H40N2O3/c1-6-25(23-14-15-31(18-23)29(33)28(7-2)30-17-21(4)34-5)24(19-32)16-20(3)26-10-8-9-11-27(26)22-12-13-22/h6,8-9,11,16-17,22-23,26,32H,3,7,10,12-15,18-19H2,1-2,4-5H3/b21-17+,24-16-,25-6-,30-28+/t23-,26?/m1/s1. The fourth-order valence-corrected chi connectivity index (χ4v) is 4.98. The highest BCUT2D eigenvalue weighted by atomic mass is 16.5. The first-order valence-corrected chi connectivity index (χ1v) is 12.5. The summed E-state index contributed by atoms with van der Waals surface area (Å²) in [4.78, 5) is 19.3. The van der Waals surface area contributed by atoms with Crippen LogP contribution in [0.2, 0.25) is 0 Å². The van der Waals surface area contributed by atoms with Gasteiger partial charge >= 0.3 is 0 Å². The minimum Gasteiger partial charge on any atom is -0.500 e. The number of carbonyl (C=O) groups is 1. The lowest BCUT2D eigenvalue weighted by atomic mass is 9.81. The van der Waals surface area contributed by atoms with Crippen molar-refractivity contribution in [3.05, 3.63) is 71.2 Å². The van der Waals surface area contributed by atoms with Crippen LogP contribution in [0.3, 0.4) is 0 Å². The van der Waals surface area contributed by atoms with E-state index in [1.807, 2.05) is 25.7 Å². The van der Waals surface area contributed by atoms with Gasteiger partial charge in [0.25, 0.3) is 5.91 Å². The minimum absolute atomic E-state index is 0.0206. The van der Waals surface area contributed by atoms with Crippen LogP contribution in [0.4, 0.5) is 0 Å². The molecule has 0 aromatic carbocycles. The number of amides is 1. The zero-order chi connectivity index (χ0) is 24.7. The van der Waals surface area contributed by atoms with Crippen LogP contribution in [0, 0.1) is 17.8 Å². The molecule has 2 aliphatic carbocycles. The Labute approximate surface area is 205 Å². The molecule has 5 nitrogen and oxygen atoms in total. The van der Waals surface area contributed by atoms with Crippen LogP contribution in [0.25, 0.3) is 0 Å². The Morgan fingerprint density at radius 2 is 2.12 bits per heavy atom. The van der Waals surface area contributed by atoms with Crippen molar-refractivity contribution in [2.45, 2.75) is 52.9 Å². The molecule has 1 N–H and O–H groups in total. The summed E-state index contributed by atoms with van der Waals surface area (Å²) in [6.45, 7) is 11.5. The van der Waals surface area contributed by atoms with Crippen LogP contribution in [-0.2, 0) is 9.53 Å². The second-order valence-electron chi connectivity index (χ2n) is 9.41. The topological polar surface area (TPSA) is 62.1 Å². The van der Waals surface area contributed by atoms with E-state index in [0.29, 0.717) is 42.8 Å². The van der Waals surface area contributed by atoms with Gasteiger partial charge in [0.05, 0.1) is 19.9 Å². The first-order valence-electron chi connectivity index (χ1n) is 12.5. The molecule has 1 saturated heterocycles. The molecule has 3 aliphatic rings. The lowest BCUT2D eigenvalue weighted by Crippen LogP contribution is -2.34. The molecule has 0 bridgehead atoms. The Morgan fingerprint density at radius 1 is 1.35 bits per heavy atom. The lowest BCUT2D eigenvalue weighted by Gasteiger charge is -2.24. The third-order valence-corrected chi connectivity index (χ3v) is 7.13. The molecule has 2 fully saturated rings. The Morgan fingerprint density at radius 3 is 2.74 bits per heavy atom. The Kier molecular flexibility index (Phi) is 9.28. The second-order valence-corrected chi connectivity index (χ2v) is 9.41. The minimum atomic E-state index is -0.0308. The molecule has 0 aromatic rings. The summed E-state index contributed by atoms with van der Waals surface area (Å²) in [5.74, 6) is 1.86. The fourth-order valence-electron chi connectivity index (χ4n) is 4.98. The third-order valence-electron chi connectivity index (χ3n) is 7.13. The monoisotopic (exact) mass is 464 g/mol. The molecule has 3 rings (SSSR count). The molecule has 1 heterocycles. The molecule has 1 saturated carbocycles. The number of carbonyl (C=O) groups excluding carboxylic acids is 1. The van der Waals surface area contributed by atoms with Gasteiger partial charge in [-0.15, -0.1) is 0 Å². The summed E-state index contributed by atoms with van der Waals surface area (Å²) >= 11 is 0. The van der Waals surface area contributed by atoms with Crippen molar-refractivity contribution in [1.82, 2.24) is 4.90 Å². The Balaban J connectivity index is 1.71. The average Bonchev–Trinajstić information content (AvgIpc) is 3.60. The van der Waals surface area contributed by atoms with Gasteiger partial charge in [0.15, 0.2) is 0 Å². The van der Waals surface area contributed by atoms with Crippen LogP contribution in [0.15, 0.2) is 76.2 Å². The molecule has 0 aromatic heterocycles. The van der Waals surface area contributed by atoms with Crippen LogP contribution >= 0.6 is 0 Å². The van der Waals surface area contributed by atoms with E-state index in [0.717, 1.165) is 29.6 Å². The van der Waals surface area contributed by atoms with Gasteiger partial charge in [0, 0.05) is 24.9 Å². The zero-order valence-electron chi connectivity index (χ0n) is 21.2. The highest BCUT2D eigenvalue weighted by molar-refractivity contribution is 6.38. The second kappa shape index (κ2) is 12.2. The van der Waals surface area contributed by atoms with Crippen LogP contribution in [-0.4, -0.2) is 48.4 Å². The van der Waals surface area contributed by atoms with Crippen LogP contribution in [0.1, 0.15) is 52.9 Å².